The number of hydrogen-bond acceptors (Lipinski definition) is 1. The second-order valence-corrected chi connectivity index (χ2v) is 5.10. The maximum atomic E-state index is 3.54. The second kappa shape index (κ2) is 3.21. The lowest BCUT2D eigenvalue weighted by atomic mass is 9.77. The van der Waals surface area contributed by atoms with Crippen molar-refractivity contribution < 1.29 is 0 Å². The predicted octanol–water partition coefficient (Wildman–Crippen LogP) is 2.95. The van der Waals surface area contributed by atoms with Crippen molar-refractivity contribution in [3.05, 3.63) is 59.7 Å². The maximum Gasteiger partial charge on any atom is 0.0351 e. The fraction of sp³-hybridized carbons (Fsp3) is 0.250. The number of fused-ring (bicyclic) bond motifs is 5. The molecule has 1 nitrogen and oxygen atoms in total. The molecule has 0 bridgehead atoms. The van der Waals surface area contributed by atoms with Crippen molar-refractivity contribution in [2.45, 2.75) is 11.8 Å². The zero-order valence-electron chi connectivity index (χ0n) is 9.74. The summed E-state index contributed by atoms with van der Waals surface area (Å²) in [5, 5.41) is 3.54. The van der Waals surface area contributed by atoms with E-state index >= 15 is 0 Å². The van der Waals surface area contributed by atoms with Gasteiger partial charge in [0.05, 0.1) is 0 Å². The zero-order valence-corrected chi connectivity index (χ0v) is 9.74. The molecule has 0 unspecified atom stereocenters. The van der Waals surface area contributed by atoms with Gasteiger partial charge in [0.25, 0.3) is 0 Å². The Balaban J connectivity index is 2.09. The normalized spacial score (nSPS) is 19.3. The van der Waals surface area contributed by atoms with Gasteiger partial charge in [0, 0.05) is 12.0 Å². The van der Waals surface area contributed by atoms with Crippen LogP contribution in [0.2, 0.25) is 0 Å². The van der Waals surface area contributed by atoms with Crippen LogP contribution < -0.4 is 5.32 Å². The van der Waals surface area contributed by atoms with Crippen molar-refractivity contribution in [3.8, 4) is 11.1 Å². The zero-order chi connectivity index (χ0) is 11.3. The van der Waals surface area contributed by atoms with E-state index < -0.39 is 0 Å². The van der Waals surface area contributed by atoms with Gasteiger partial charge in [-0.1, -0.05) is 48.5 Å². The van der Waals surface area contributed by atoms with E-state index in [9.17, 15) is 0 Å². The molecule has 0 atom stereocenters. The average Bonchev–Trinajstić information content (AvgIpc) is 2.98. The summed E-state index contributed by atoms with van der Waals surface area (Å²) in [7, 11) is 0. The molecule has 0 aromatic heterocycles. The first-order valence-electron chi connectivity index (χ1n) is 6.32. The molecule has 84 valence electrons. The molecule has 2 aromatic carbocycles. The largest absolute Gasteiger partial charge is 0.315 e. The van der Waals surface area contributed by atoms with E-state index in [1.807, 2.05) is 0 Å². The Morgan fingerprint density at radius 2 is 1.41 bits per heavy atom. The SMILES string of the molecule is c1ccc2c(c1)-c1ccccc1C21CCNC1. The van der Waals surface area contributed by atoms with Gasteiger partial charge in [-0.15, -0.1) is 0 Å². The molecule has 1 aliphatic carbocycles. The second-order valence-electron chi connectivity index (χ2n) is 5.10. The predicted molar refractivity (Wildman–Crippen MR) is 70.1 cm³/mol. The van der Waals surface area contributed by atoms with Crippen molar-refractivity contribution in [2.24, 2.45) is 0 Å². The minimum atomic E-state index is 0.243. The lowest BCUT2D eigenvalue weighted by Gasteiger charge is -2.25. The van der Waals surface area contributed by atoms with Gasteiger partial charge in [-0.3, -0.25) is 0 Å². The highest BCUT2D eigenvalue weighted by Crippen LogP contribution is 2.51. The summed E-state index contributed by atoms with van der Waals surface area (Å²) in [5.74, 6) is 0. The monoisotopic (exact) mass is 221 g/mol. The molecule has 0 radical (unpaired) electrons. The van der Waals surface area contributed by atoms with Crippen LogP contribution in [0.3, 0.4) is 0 Å². The summed E-state index contributed by atoms with van der Waals surface area (Å²) in [6.07, 6.45) is 1.22. The summed E-state index contributed by atoms with van der Waals surface area (Å²) >= 11 is 0. The van der Waals surface area contributed by atoms with Gasteiger partial charge in [-0.05, 0) is 35.2 Å². The van der Waals surface area contributed by atoms with E-state index in [1.54, 1.807) is 0 Å². The van der Waals surface area contributed by atoms with Crippen LogP contribution in [0.25, 0.3) is 11.1 Å². The Bertz CT molecular complexity index is 532. The van der Waals surface area contributed by atoms with Crippen LogP contribution >= 0.6 is 0 Å². The van der Waals surface area contributed by atoms with Crippen LogP contribution in [0.15, 0.2) is 48.5 Å². The van der Waals surface area contributed by atoms with Gasteiger partial charge in [-0.25, -0.2) is 0 Å². The third kappa shape index (κ3) is 1.07. The molecule has 17 heavy (non-hydrogen) atoms. The maximum absolute atomic E-state index is 3.54. The van der Waals surface area contributed by atoms with Gasteiger partial charge >= 0.3 is 0 Å². The molecule has 1 heteroatoms. The summed E-state index contributed by atoms with van der Waals surface area (Å²) in [5.41, 5.74) is 6.16. The highest BCUT2D eigenvalue weighted by atomic mass is 14.9. The third-order valence-electron chi connectivity index (χ3n) is 4.33. The van der Waals surface area contributed by atoms with Gasteiger partial charge in [-0.2, -0.15) is 0 Å². The molecule has 2 aliphatic rings. The van der Waals surface area contributed by atoms with E-state index in [0.717, 1.165) is 13.1 Å². The molecule has 0 saturated carbocycles. The smallest absolute Gasteiger partial charge is 0.0351 e. The summed E-state index contributed by atoms with van der Waals surface area (Å²) < 4.78 is 0. The van der Waals surface area contributed by atoms with Crippen LogP contribution in [0, 0.1) is 0 Å². The Kier molecular flexibility index (Phi) is 1.78. The molecular weight excluding hydrogens is 206 g/mol. The quantitative estimate of drug-likeness (QED) is 0.721. The molecule has 1 N–H and O–H groups in total. The Hall–Kier alpha value is -1.60. The van der Waals surface area contributed by atoms with Crippen LogP contribution in [0.4, 0.5) is 0 Å². The molecule has 1 saturated heterocycles. The minimum Gasteiger partial charge on any atom is -0.315 e. The first kappa shape index (κ1) is 9.43. The van der Waals surface area contributed by atoms with E-state index in [2.05, 4.69) is 53.8 Å². The van der Waals surface area contributed by atoms with E-state index in [0.29, 0.717) is 0 Å². The van der Waals surface area contributed by atoms with Crippen LogP contribution in [0.1, 0.15) is 17.5 Å². The molecular formula is C16H15N. The highest BCUT2D eigenvalue weighted by Gasteiger charge is 2.44. The van der Waals surface area contributed by atoms with Crippen LogP contribution in [0.5, 0.6) is 0 Å². The number of nitrogens with one attached hydrogen (secondary N) is 1. The van der Waals surface area contributed by atoms with Crippen LogP contribution in [-0.2, 0) is 5.41 Å². The summed E-state index contributed by atoms with van der Waals surface area (Å²) in [4.78, 5) is 0. The Labute approximate surface area is 101 Å². The van der Waals surface area contributed by atoms with Gasteiger partial charge in [0.15, 0.2) is 0 Å². The summed E-state index contributed by atoms with van der Waals surface area (Å²) in [6, 6.07) is 17.8. The topological polar surface area (TPSA) is 12.0 Å². The molecule has 4 rings (SSSR count). The van der Waals surface area contributed by atoms with Gasteiger partial charge in [0.1, 0.15) is 0 Å². The number of benzene rings is 2. The molecule has 1 aliphatic heterocycles. The molecule has 0 amide bonds. The molecule has 2 aromatic rings. The average molecular weight is 221 g/mol. The Morgan fingerprint density at radius 1 is 0.824 bits per heavy atom. The van der Waals surface area contributed by atoms with Crippen LogP contribution in [-0.4, -0.2) is 13.1 Å². The lowest BCUT2D eigenvalue weighted by Crippen LogP contribution is -2.27. The van der Waals surface area contributed by atoms with E-state index in [-0.39, 0.29) is 5.41 Å². The Morgan fingerprint density at radius 3 is 1.94 bits per heavy atom. The van der Waals surface area contributed by atoms with E-state index in [1.165, 1.54) is 28.7 Å². The lowest BCUT2D eigenvalue weighted by molar-refractivity contribution is 0.586. The van der Waals surface area contributed by atoms with Crippen molar-refractivity contribution in [2.75, 3.05) is 13.1 Å². The number of rotatable bonds is 0. The van der Waals surface area contributed by atoms with Gasteiger partial charge in [0.2, 0.25) is 0 Å². The fourth-order valence-corrected chi connectivity index (χ4v) is 3.57. The van der Waals surface area contributed by atoms with Crippen molar-refractivity contribution >= 4 is 0 Å². The molecule has 1 spiro atoms. The van der Waals surface area contributed by atoms with Crippen molar-refractivity contribution in [1.82, 2.24) is 5.32 Å². The van der Waals surface area contributed by atoms with Gasteiger partial charge < -0.3 is 5.32 Å². The fourth-order valence-electron chi connectivity index (χ4n) is 3.57. The van der Waals surface area contributed by atoms with Crippen molar-refractivity contribution in [3.63, 3.8) is 0 Å². The molecule has 1 fully saturated rings. The summed E-state index contributed by atoms with van der Waals surface area (Å²) in [6.45, 7) is 2.21. The number of hydrogen-bond donors (Lipinski definition) is 1. The van der Waals surface area contributed by atoms with E-state index in [4.69, 9.17) is 0 Å². The standard InChI is InChI=1S/C16H15N/c1-3-7-14-12(5-1)13-6-2-4-8-15(13)16(14)9-10-17-11-16/h1-8,17H,9-11H2. The molecule has 1 heterocycles. The first-order chi connectivity index (χ1) is 8.42. The highest BCUT2D eigenvalue weighted by molar-refractivity contribution is 5.81. The third-order valence-corrected chi connectivity index (χ3v) is 4.33. The first-order valence-corrected chi connectivity index (χ1v) is 6.32. The van der Waals surface area contributed by atoms with Crippen molar-refractivity contribution in [1.29, 1.82) is 0 Å². The minimum absolute atomic E-state index is 0.243.